The molecule has 0 radical (unpaired) electrons. The van der Waals surface area contributed by atoms with E-state index in [4.69, 9.17) is 4.74 Å². The third-order valence-electron chi connectivity index (χ3n) is 16.6. The predicted molar refractivity (Wildman–Crippen MR) is 352 cm³/mol. The van der Waals surface area contributed by atoms with Crippen molar-refractivity contribution in [3.63, 3.8) is 0 Å². The van der Waals surface area contributed by atoms with E-state index in [0.29, 0.717) is 19.4 Å². The van der Waals surface area contributed by atoms with Gasteiger partial charge in [0.05, 0.1) is 25.4 Å². The van der Waals surface area contributed by atoms with E-state index in [-0.39, 0.29) is 18.5 Å². The van der Waals surface area contributed by atoms with E-state index in [1.807, 2.05) is 6.08 Å². The lowest BCUT2D eigenvalue weighted by atomic mass is 10.0. The predicted octanol–water partition coefficient (Wildman–Crippen LogP) is 23.3. The van der Waals surface area contributed by atoms with Crippen LogP contribution in [0.3, 0.4) is 0 Å². The Hall–Kier alpha value is -2.18. The number of hydrogen-bond donors (Lipinski definition) is 3. The molecule has 1 amide bonds. The van der Waals surface area contributed by atoms with Crippen LogP contribution in [0.5, 0.6) is 0 Å². The zero-order chi connectivity index (χ0) is 57.8. The highest BCUT2D eigenvalue weighted by atomic mass is 16.5. The smallest absolute Gasteiger partial charge is 0.305 e. The van der Waals surface area contributed by atoms with Crippen molar-refractivity contribution in [3.05, 3.63) is 48.6 Å². The molecule has 0 aliphatic carbocycles. The number of carbonyl (C=O) groups excluding carboxylic acids is 2. The van der Waals surface area contributed by atoms with Crippen LogP contribution in [0.15, 0.2) is 48.6 Å². The second-order valence-electron chi connectivity index (χ2n) is 24.6. The van der Waals surface area contributed by atoms with E-state index in [1.165, 1.54) is 308 Å². The van der Waals surface area contributed by atoms with Crippen LogP contribution in [-0.4, -0.2) is 47.4 Å². The molecule has 0 aliphatic rings. The first-order valence-corrected chi connectivity index (χ1v) is 35.9. The van der Waals surface area contributed by atoms with Crippen LogP contribution in [-0.2, 0) is 14.3 Å². The number of allylic oxidation sites excluding steroid dienone is 7. The number of rotatable bonds is 67. The molecule has 0 saturated heterocycles. The van der Waals surface area contributed by atoms with Crippen LogP contribution in [0, 0.1) is 0 Å². The molecule has 0 heterocycles. The molecule has 2 atom stereocenters. The number of aliphatic hydroxyl groups excluding tert-OH is 2. The second-order valence-corrected chi connectivity index (χ2v) is 24.6. The third-order valence-corrected chi connectivity index (χ3v) is 16.6. The van der Waals surface area contributed by atoms with E-state index in [9.17, 15) is 19.8 Å². The van der Waals surface area contributed by atoms with E-state index in [0.717, 1.165) is 51.4 Å². The number of nitrogens with one attached hydrogen (secondary N) is 1. The van der Waals surface area contributed by atoms with Crippen LogP contribution in [0.1, 0.15) is 386 Å². The summed E-state index contributed by atoms with van der Waals surface area (Å²) in [4.78, 5) is 24.6. The molecule has 80 heavy (non-hydrogen) atoms. The van der Waals surface area contributed by atoms with Gasteiger partial charge in [0.1, 0.15) is 0 Å². The molecule has 0 saturated carbocycles. The van der Waals surface area contributed by atoms with Gasteiger partial charge in [0.25, 0.3) is 0 Å². The molecule has 6 heteroatoms. The van der Waals surface area contributed by atoms with Crippen molar-refractivity contribution >= 4 is 11.9 Å². The minimum absolute atomic E-state index is 0.00279. The Balaban J connectivity index is 3.39. The summed E-state index contributed by atoms with van der Waals surface area (Å²) < 4.78 is 5.48. The summed E-state index contributed by atoms with van der Waals surface area (Å²) in [7, 11) is 0. The zero-order valence-corrected chi connectivity index (χ0v) is 53.8. The molecule has 2 unspecified atom stereocenters. The standard InChI is InChI=1S/C74H139NO5/c1-3-5-7-9-11-13-15-17-19-20-36-39-42-46-50-54-58-62-66-72(77)71(70-76)75-73(78)67-63-59-55-51-47-43-40-37-34-32-30-28-26-24-22-21-23-25-27-29-31-33-35-38-41-45-49-53-57-61-65-69-80-74(79)68-64-60-56-52-48-44-18-16-14-12-10-8-6-4-2/h10,12,16,18,23,25,62,66,71-72,76-77H,3-9,11,13-15,17,19-22,24,26-61,63-65,67-70H2,1-2H3,(H,75,78)/b12-10-,18-16-,25-23-,66-62+. The molecule has 6 nitrogen and oxygen atoms in total. The van der Waals surface area contributed by atoms with Crippen LogP contribution in [0.25, 0.3) is 0 Å². The van der Waals surface area contributed by atoms with Gasteiger partial charge < -0.3 is 20.3 Å². The molecule has 0 aromatic carbocycles. The SMILES string of the molecule is CCCC/C=C\C/C=C\CCCCCCCC(=O)OCCCCCCCCCCCCCC/C=C\CCCCCCCCCCCCCCCCCC(=O)NC(CO)C(O)/C=C/CCCCCCCCCCCCCCCCCC. The molecule has 0 rings (SSSR count). The van der Waals surface area contributed by atoms with E-state index >= 15 is 0 Å². The van der Waals surface area contributed by atoms with Crippen LogP contribution in [0.4, 0.5) is 0 Å². The van der Waals surface area contributed by atoms with Crippen molar-refractivity contribution in [2.75, 3.05) is 13.2 Å². The monoisotopic (exact) mass is 1120 g/mol. The number of esters is 1. The van der Waals surface area contributed by atoms with Crippen molar-refractivity contribution in [2.24, 2.45) is 0 Å². The fourth-order valence-corrected chi connectivity index (χ4v) is 11.1. The van der Waals surface area contributed by atoms with Crippen molar-refractivity contribution in [1.82, 2.24) is 5.32 Å². The van der Waals surface area contributed by atoms with Gasteiger partial charge in [-0.1, -0.05) is 339 Å². The fraction of sp³-hybridized carbons (Fsp3) is 0.865. The van der Waals surface area contributed by atoms with E-state index in [1.54, 1.807) is 6.08 Å². The largest absolute Gasteiger partial charge is 0.466 e. The highest BCUT2D eigenvalue weighted by Crippen LogP contribution is 2.18. The topological polar surface area (TPSA) is 95.9 Å². The lowest BCUT2D eigenvalue weighted by Gasteiger charge is -2.20. The lowest BCUT2D eigenvalue weighted by Crippen LogP contribution is -2.45. The maximum absolute atomic E-state index is 12.5. The maximum atomic E-state index is 12.5. The summed E-state index contributed by atoms with van der Waals surface area (Å²) in [6, 6.07) is -0.627. The Morgan fingerprint density at radius 3 is 1.00 bits per heavy atom. The highest BCUT2D eigenvalue weighted by Gasteiger charge is 2.18. The van der Waals surface area contributed by atoms with E-state index < -0.39 is 12.1 Å². The Morgan fingerprint density at radius 1 is 0.350 bits per heavy atom. The van der Waals surface area contributed by atoms with Gasteiger partial charge in [-0.05, 0) is 83.5 Å². The Kier molecular flexibility index (Phi) is 67.4. The normalized spacial score (nSPS) is 12.8. The number of ether oxygens (including phenoxy) is 1. The average Bonchev–Trinajstić information content (AvgIpc) is 3.46. The van der Waals surface area contributed by atoms with Crippen molar-refractivity contribution in [2.45, 2.75) is 398 Å². The van der Waals surface area contributed by atoms with E-state index in [2.05, 4.69) is 55.6 Å². The molecule has 0 spiro atoms. The van der Waals surface area contributed by atoms with Gasteiger partial charge in [0.15, 0.2) is 0 Å². The molecule has 0 aromatic heterocycles. The van der Waals surface area contributed by atoms with Crippen molar-refractivity contribution < 1.29 is 24.5 Å². The number of hydrogen-bond acceptors (Lipinski definition) is 5. The first kappa shape index (κ1) is 77.8. The minimum atomic E-state index is -0.844. The van der Waals surface area contributed by atoms with Gasteiger partial charge in [0, 0.05) is 12.8 Å². The number of unbranched alkanes of at least 4 members (excludes halogenated alkanes) is 50. The van der Waals surface area contributed by atoms with Gasteiger partial charge in [-0.25, -0.2) is 0 Å². The average molecular weight is 1120 g/mol. The Labute approximate surface area is 499 Å². The first-order valence-electron chi connectivity index (χ1n) is 35.9. The third kappa shape index (κ3) is 65.0. The van der Waals surface area contributed by atoms with Crippen molar-refractivity contribution in [1.29, 1.82) is 0 Å². The maximum Gasteiger partial charge on any atom is 0.305 e. The lowest BCUT2D eigenvalue weighted by molar-refractivity contribution is -0.143. The first-order chi connectivity index (χ1) is 39.5. The van der Waals surface area contributed by atoms with Crippen LogP contribution in [0.2, 0.25) is 0 Å². The van der Waals surface area contributed by atoms with Gasteiger partial charge in [-0.15, -0.1) is 0 Å². The zero-order valence-electron chi connectivity index (χ0n) is 53.8. The number of carbonyl (C=O) groups is 2. The molecule has 0 aromatic rings. The second kappa shape index (κ2) is 69.3. The summed E-state index contributed by atoms with van der Waals surface area (Å²) >= 11 is 0. The van der Waals surface area contributed by atoms with Gasteiger partial charge >= 0.3 is 5.97 Å². The summed E-state index contributed by atoms with van der Waals surface area (Å²) in [6.07, 6.45) is 90.5. The fourth-order valence-electron chi connectivity index (χ4n) is 11.1. The van der Waals surface area contributed by atoms with Crippen LogP contribution < -0.4 is 5.32 Å². The molecule has 0 fully saturated rings. The molecule has 0 bridgehead atoms. The Bertz CT molecular complexity index is 1340. The summed E-state index contributed by atoms with van der Waals surface area (Å²) in [5, 5.41) is 23.2. The van der Waals surface area contributed by atoms with Crippen LogP contribution >= 0.6 is 0 Å². The quantitative estimate of drug-likeness (QED) is 0.0320. The molecular formula is C74H139NO5. The highest BCUT2D eigenvalue weighted by molar-refractivity contribution is 5.76. The number of aliphatic hydroxyl groups is 2. The molecule has 3 N–H and O–H groups in total. The summed E-state index contributed by atoms with van der Waals surface area (Å²) in [5.74, 6) is -0.0604. The van der Waals surface area contributed by atoms with Crippen molar-refractivity contribution in [3.8, 4) is 0 Å². The Morgan fingerprint density at radius 2 is 0.637 bits per heavy atom. The molecular weight excluding hydrogens is 983 g/mol. The van der Waals surface area contributed by atoms with Gasteiger partial charge in [-0.3, -0.25) is 9.59 Å². The minimum Gasteiger partial charge on any atom is -0.466 e. The van der Waals surface area contributed by atoms with Gasteiger partial charge in [0.2, 0.25) is 5.91 Å². The summed E-state index contributed by atoms with van der Waals surface area (Å²) in [5.41, 5.74) is 0. The molecule has 470 valence electrons. The number of amides is 1. The van der Waals surface area contributed by atoms with Gasteiger partial charge in [-0.2, -0.15) is 0 Å². The summed E-state index contributed by atoms with van der Waals surface area (Å²) in [6.45, 7) is 4.89. The molecule has 0 aliphatic heterocycles.